The highest BCUT2D eigenvalue weighted by Crippen LogP contribution is 2.43. The van der Waals surface area contributed by atoms with Crippen LogP contribution in [0.5, 0.6) is 0 Å². The molecule has 3 aromatic heterocycles. The molecule has 0 saturated heterocycles. The zero-order chi connectivity index (χ0) is 38.2. The van der Waals surface area contributed by atoms with Crippen LogP contribution in [0.15, 0.2) is 199 Å². The molecule has 0 aliphatic carbocycles. The lowest BCUT2D eigenvalue weighted by Crippen LogP contribution is -2.04. The molecule has 0 bridgehead atoms. The van der Waals surface area contributed by atoms with E-state index in [1.54, 1.807) is 0 Å². The maximum atomic E-state index is 6.90. The highest BCUT2D eigenvalue weighted by atomic mass is 16.3. The lowest BCUT2D eigenvalue weighted by Gasteiger charge is -2.16. The number of aromatic nitrogens is 4. The predicted octanol–water partition coefficient (Wildman–Crippen LogP) is 13.8. The standard InChI is InChI=1S/C53H32N4O/c1-2-14-33(15-3-1)35-20-12-21-38(30-35)51-54-52(43-25-13-19-34-16-6-7-22-39(34)43)56-53(55-51)49-46(29-28-42-41-24-9-11-27-48(41)58-50(42)49)57-45-26-10-8-23-40(45)44-31-36-17-4-5-18-37(36)32-47(44)57/h1-32H. The van der Waals surface area contributed by atoms with E-state index in [1.807, 2.05) is 18.2 Å². The van der Waals surface area contributed by atoms with Gasteiger partial charge in [0.2, 0.25) is 0 Å². The van der Waals surface area contributed by atoms with Gasteiger partial charge in [0.15, 0.2) is 17.5 Å². The van der Waals surface area contributed by atoms with Gasteiger partial charge in [-0.2, -0.15) is 0 Å². The summed E-state index contributed by atoms with van der Waals surface area (Å²) in [6.45, 7) is 0. The van der Waals surface area contributed by atoms with Crippen molar-refractivity contribution in [2.75, 3.05) is 0 Å². The zero-order valence-electron chi connectivity index (χ0n) is 31.2. The quantitative estimate of drug-likeness (QED) is 0.176. The van der Waals surface area contributed by atoms with E-state index in [0.717, 1.165) is 77.2 Å². The lowest BCUT2D eigenvalue weighted by molar-refractivity contribution is 0.669. The van der Waals surface area contributed by atoms with Crippen LogP contribution in [0.25, 0.3) is 116 Å². The van der Waals surface area contributed by atoms with Crippen molar-refractivity contribution in [2.45, 2.75) is 0 Å². The molecule has 3 heterocycles. The van der Waals surface area contributed by atoms with Crippen molar-refractivity contribution in [1.82, 2.24) is 19.5 Å². The van der Waals surface area contributed by atoms with Gasteiger partial charge in [-0.1, -0.05) is 152 Å². The summed E-state index contributed by atoms with van der Waals surface area (Å²) in [6, 6.07) is 68.0. The van der Waals surface area contributed by atoms with Gasteiger partial charge < -0.3 is 8.98 Å². The molecule has 270 valence electrons. The molecule has 0 aliphatic heterocycles. The number of hydrogen-bond acceptors (Lipinski definition) is 4. The average Bonchev–Trinajstić information content (AvgIpc) is 3.83. The molecule has 0 saturated carbocycles. The van der Waals surface area contributed by atoms with E-state index in [1.165, 1.54) is 21.5 Å². The summed E-state index contributed by atoms with van der Waals surface area (Å²) in [5.41, 5.74) is 9.48. The first-order valence-corrected chi connectivity index (χ1v) is 19.5. The Morgan fingerprint density at radius 2 is 1.00 bits per heavy atom. The Kier molecular flexibility index (Phi) is 7.16. The van der Waals surface area contributed by atoms with Gasteiger partial charge in [0.25, 0.3) is 0 Å². The van der Waals surface area contributed by atoms with Gasteiger partial charge in [0.1, 0.15) is 11.2 Å². The summed E-state index contributed by atoms with van der Waals surface area (Å²) in [5.74, 6) is 1.71. The van der Waals surface area contributed by atoms with Crippen molar-refractivity contribution in [3.63, 3.8) is 0 Å². The molecule has 12 aromatic rings. The van der Waals surface area contributed by atoms with E-state index in [4.69, 9.17) is 19.4 Å². The van der Waals surface area contributed by atoms with Crippen molar-refractivity contribution in [3.8, 4) is 51.0 Å². The van der Waals surface area contributed by atoms with Crippen molar-refractivity contribution in [2.24, 2.45) is 0 Å². The summed E-state index contributed by atoms with van der Waals surface area (Å²) in [4.78, 5) is 16.1. The molecule has 0 unspecified atom stereocenters. The molecule has 5 heteroatoms. The first kappa shape index (κ1) is 32.4. The van der Waals surface area contributed by atoms with Crippen LogP contribution in [0.4, 0.5) is 0 Å². The molecule has 58 heavy (non-hydrogen) atoms. The molecule has 0 atom stereocenters. The molecule has 0 aliphatic rings. The number of rotatable bonds is 5. The summed E-state index contributed by atoms with van der Waals surface area (Å²) in [7, 11) is 0. The van der Waals surface area contributed by atoms with Crippen LogP contribution in [-0.4, -0.2) is 19.5 Å². The van der Waals surface area contributed by atoms with E-state index in [-0.39, 0.29) is 0 Å². The Balaban J connectivity index is 1.21. The lowest BCUT2D eigenvalue weighted by atomic mass is 10.0. The molecule has 0 fully saturated rings. The number of nitrogens with zero attached hydrogens (tertiary/aromatic N) is 4. The third-order valence-electron chi connectivity index (χ3n) is 11.4. The molecule has 9 aromatic carbocycles. The molecule has 0 spiro atoms. The monoisotopic (exact) mass is 740 g/mol. The van der Waals surface area contributed by atoms with Crippen LogP contribution >= 0.6 is 0 Å². The highest BCUT2D eigenvalue weighted by molar-refractivity contribution is 6.16. The Hall–Kier alpha value is -7.89. The molecule has 0 radical (unpaired) electrons. The number of fused-ring (bicyclic) bond motifs is 8. The van der Waals surface area contributed by atoms with Gasteiger partial charge in [-0.05, 0) is 75.1 Å². The van der Waals surface area contributed by atoms with Crippen LogP contribution in [0.3, 0.4) is 0 Å². The van der Waals surface area contributed by atoms with E-state index in [0.29, 0.717) is 17.5 Å². The van der Waals surface area contributed by atoms with Crippen LogP contribution in [0, 0.1) is 0 Å². The van der Waals surface area contributed by atoms with Crippen molar-refractivity contribution < 1.29 is 4.42 Å². The molecule has 0 amide bonds. The van der Waals surface area contributed by atoms with Crippen molar-refractivity contribution >= 4 is 65.3 Å². The zero-order valence-corrected chi connectivity index (χ0v) is 31.2. The summed E-state index contributed by atoms with van der Waals surface area (Å²) in [5, 5.41) is 8.95. The van der Waals surface area contributed by atoms with E-state index >= 15 is 0 Å². The molecule has 0 N–H and O–H groups in total. The minimum Gasteiger partial charge on any atom is -0.455 e. The Morgan fingerprint density at radius 3 is 1.88 bits per heavy atom. The van der Waals surface area contributed by atoms with Crippen molar-refractivity contribution in [3.05, 3.63) is 194 Å². The van der Waals surface area contributed by atoms with Gasteiger partial charge in [0, 0.05) is 32.7 Å². The molecular formula is C53H32N4O. The fourth-order valence-corrected chi connectivity index (χ4v) is 8.72. The third-order valence-corrected chi connectivity index (χ3v) is 11.4. The smallest absolute Gasteiger partial charge is 0.170 e. The Bertz CT molecular complexity index is 3580. The number of benzene rings is 9. The van der Waals surface area contributed by atoms with Gasteiger partial charge >= 0.3 is 0 Å². The van der Waals surface area contributed by atoms with E-state index < -0.39 is 0 Å². The van der Waals surface area contributed by atoms with E-state index in [2.05, 4.69) is 180 Å². The van der Waals surface area contributed by atoms with Gasteiger partial charge in [-0.3, -0.25) is 0 Å². The van der Waals surface area contributed by atoms with Gasteiger partial charge in [-0.25, -0.2) is 15.0 Å². The maximum Gasteiger partial charge on any atom is 0.170 e. The predicted molar refractivity (Wildman–Crippen MR) is 238 cm³/mol. The summed E-state index contributed by atoms with van der Waals surface area (Å²) < 4.78 is 9.25. The number of hydrogen-bond donors (Lipinski definition) is 0. The van der Waals surface area contributed by atoms with Crippen LogP contribution in [0.1, 0.15) is 0 Å². The minimum atomic E-state index is 0.532. The normalized spacial score (nSPS) is 11.8. The number of para-hydroxylation sites is 2. The van der Waals surface area contributed by atoms with Crippen LogP contribution in [-0.2, 0) is 0 Å². The van der Waals surface area contributed by atoms with Crippen LogP contribution in [0.2, 0.25) is 0 Å². The third kappa shape index (κ3) is 5.07. The minimum absolute atomic E-state index is 0.532. The molecular weight excluding hydrogens is 709 g/mol. The Labute approximate surface area is 333 Å². The second-order valence-electron chi connectivity index (χ2n) is 14.8. The average molecular weight is 741 g/mol. The van der Waals surface area contributed by atoms with E-state index in [9.17, 15) is 0 Å². The molecule has 12 rings (SSSR count). The number of furan rings is 1. The first-order valence-electron chi connectivity index (χ1n) is 19.5. The van der Waals surface area contributed by atoms with Crippen LogP contribution < -0.4 is 0 Å². The Morgan fingerprint density at radius 1 is 0.362 bits per heavy atom. The SMILES string of the molecule is c1ccc(-c2cccc(-c3nc(-c4cccc5ccccc45)nc(-c4c(-n5c6ccccc6c6cc7ccccc7cc65)ccc5c4oc4ccccc45)n3)c2)cc1. The first-order chi connectivity index (χ1) is 28.7. The summed E-state index contributed by atoms with van der Waals surface area (Å²) >= 11 is 0. The second-order valence-corrected chi connectivity index (χ2v) is 14.8. The highest BCUT2D eigenvalue weighted by Gasteiger charge is 2.25. The van der Waals surface area contributed by atoms with Crippen molar-refractivity contribution in [1.29, 1.82) is 0 Å². The largest absolute Gasteiger partial charge is 0.455 e. The summed E-state index contributed by atoms with van der Waals surface area (Å²) in [6.07, 6.45) is 0. The maximum absolute atomic E-state index is 6.90. The second kappa shape index (κ2) is 12.8. The van der Waals surface area contributed by atoms with Gasteiger partial charge in [0.05, 0.1) is 22.3 Å². The molecule has 5 nitrogen and oxygen atoms in total. The fourth-order valence-electron chi connectivity index (χ4n) is 8.72. The van der Waals surface area contributed by atoms with Gasteiger partial charge in [-0.15, -0.1) is 0 Å². The topological polar surface area (TPSA) is 56.7 Å². The fraction of sp³-hybridized carbons (Fsp3) is 0.